The van der Waals surface area contributed by atoms with E-state index in [4.69, 9.17) is 0 Å². The molecule has 0 spiro atoms. The van der Waals surface area contributed by atoms with Crippen LogP contribution in [0.4, 0.5) is 0 Å². The quantitative estimate of drug-likeness (QED) is 0.580. The molecule has 1 aromatic carbocycles. The number of phenolic OH excluding ortho intramolecular Hbond substituents is 1. The van der Waals surface area contributed by atoms with E-state index in [1.165, 1.54) is 17.4 Å². The average Bonchev–Trinajstić information content (AvgIpc) is 2.80. The summed E-state index contributed by atoms with van der Waals surface area (Å²) < 4.78 is 27.7. The van der Waals surface area contributed by atoms with Gasteiger partial charge in [0.15, 0.2) is 0 Å². The lowest BCUT2D eigenvalue weighted by Gasteiger charge is -2.40. The highest BCUT2D eigenvalue weighted by Gasteiger charge is 2.34. The number of nitrogens with zero attached hydrogens (tertiary/aromatic N) is 2. The Labute approximate surface area is 184 Å². The maximum atomic E-state index is 12.7. The summed E-state index contributed by atoms with van der Waals surface area (Å²) in [5.41, 5.74) is 1.35. The van der Waals surface area contributed by atoms with E-state index in [0.29, 0.717) is 43.6 Å². The molecule has 2 aliphatic heterocycles. The first-order valence-corrected chi connectivity index (χ1v) is 12.3. The predicted octanol–water partition coefficient (Wildman–Crippen LogP) is 1.35. The summed E-state index contributed by atoms with van der Waals surface area (Å²) in [6.07, 6.45) is 4.05. The number of carbonyl (C=O) groups is 1. The Hall–Kier alpha value is -1.94. The van der Waals surface area contributed by atoms with Crippen molar-refractivity contribution in [2.75, 3.05) is 33.2 Å². The van der Waals surface area contributed by atoms with E-state index in [-0.39, 0.29) is 18.1 Å². The SMILES string of the molecule is C=Cc1cc(C[C@@H](O)C(=O)N2CCC(C3CCN(S(=O)(=O)NC)CC3)CC2)ccc1O. The van der Waals surface area contributed by atoms with Crippen LogP contribution >= 0.6 is 0 Å². The second kappa shape index (κ2) is 10.1. The molecule has 0 bridgehead atoms. The summed E-state index contributed by atoms with van der Waals surface area (Å²) in [4.78, 5) is 14.5. The van der Waals surface area contributed by atoms with Crippen LogP contribution in [0.15, 0.2) is 24.8 Å². The van der Waals surface area contributed by atoms with Gasteiger partial charge in [0.1, 0.15) is 11.9 Å². The molecule has 0 saturated carbocycles. The zero-order valence-corrected chi connectivity index (χ0v) is 18.9. The Bertz CT molecular complexity index is 888. The van der Waals surface area contributed by atoms with E-state index in [1.807, 2.05) is 0 Å². The summed E-state index contributed by atoms with van der Waals surface area (Å²) in [6, 6.07) is 4.97. The summed E-state index contributed by atoms with van der Waals surface area (Å²) in [5, 5.41) is 20.2. The standard InChI is InChI=1S/C22H33N3O5S/c1-3-17-14-16(4-5-20(17)26)15-21(27)22(28)24-10-6-18(7-11-24)19-8-12-25(13-9-19)31(29,30)23-2/h3-5,14,18-19,21,23,26-27H,1,6-13,15H2,2H3/t21-/m1/s1. The third kappa shape index (κ3) is 5.65. The maximum absolute atomic E-state index is 12.7. The monoisotopic (exact) mass is 451 g/mol. The van der Waals surface area contributed by atoms with Gasteiger partial charge in [0, 0.05) is 45.2 Å². The summed E-state index contributed by atoms with van der Waals surface area (Å²) in [6.45, 7) is 5.95. The molecule has 3 rings (SSSR count). The van der Waals surface area contributed by atoms with Crippen LogP contribution in [0.25, 0.3) is 6.08 Å². The normalized spacial score (nSPS) is 20.5. The van der Waals surface area contributed by atoms with E-state index < -0.39 is 16.3 Å². The molecule has 2 heterocycles. The van der Waals surface area contributed by atoms with Gasteiger partial charge in [-0.1, -0.05) is 18.7 Å². The van der Waals surface area contributed by atoms with Crippen molar-refractivity contribution in [2.45, 2.75) is 38.2 Å². The van der Waals surface area contributed by atoms with Gasteiger partial charge in [-0.2, -0.15) is 12.7 Å². The minimum atomic E-state index is -3.35. The van der Waals surface area contributed by atoms with Crippen LogP contribution in [0.2, 0.25) is 0 Å². The fourth-order valence-corrected chi connectivity index (χ4v) is 5.67. The lowest BCUT2D eigenvalue weighted by molar-refractivity contribution is -0.141. The molecule has 31 heavy (non-hydrogen) atoms. The number of aliphatic hydroxyl groups is 1. The minimum Gasteiger partial charge on any atom is -0.507 e. The lowest BCUT2D eigenvalue weighted by Crippen LogP contribution is -2.48. The zero-order chi connectivity index (χ0) is 22.6. The van der Waals surface area contributed by atoms with Crippen molar-refractivity contribution >= 4 is 22.2 Å². The molecule has 172 valence electrons. The first-order chi connectivity index (χ1) is 14.7. The van der Waals surface area contributed by atoms with Crippen molar-refractivity contribution in [3.63, 3.8) is 0 Å². The van der Waals surface area contributed by atoms with Crippen LogP contribution in [-0.2, 0) is 21.4 Å². The topological polar surface area (TPSA) is 110 Å². The van der Waals surface area contributed by atoms with Gasteiger partial charge in [0.2, 0.25) is 0 Å². The molecule has 0 aliphatic carbocycles. The van der Waals surface area contributed by atoms with Crippen LogP contribution in [0.5, 0.6) is 5.75 Å². The third-order valence-electron chi connectivity index (χ3n) is 6.64. The van der Waals surface area contributed by atoms with Gasteiger partial charge in [-0.25, -0.2) is 4.72 Å². The smallest absolute Gasteiger partial charge is 0.279 e. The summed E-state index contributed by atoms with van der Waals surface area (Å²) in [7, 11) is -1.92. The molecule has 2 fully saturated rings. The van der Waals surface area contributed by atoms with Crippen LogP contribution in [0, 0.1) is 11.8 Å². The van der Waals surface area contributed by atoms with Crippen LogP contribution < -0.4 is 4.72 Å². The van der Waals surface area contributed by atoms with E-state index in [9.17, 15) is 23.4 Å². The van der Waals surface area contributed by atoms with E-state index in [2.05, 4.69) is 11.3 Å². The van der Waals surface area contributed by atoms with Gasteiger partial charge in [0.05, 0.1) is 0 Å². The maximum Gasteiger partial charge on any atom is 0.279 e. The van der Waals surface area contributed by atoms with Gasteiger partial charge >= 0.3 is 0 Å². The number of rotatable bonds is 7. The Morgan fingerprint density at radius 1 is 1.19 bits per heavy atom. The molecule has 0 unspecified atom stereocenters. The van der Waals surface area contributed by atoms with Crippen molar-refractivity contribution < 1.29 is 23.4 Å². The van der Waals surface area contributed by atoms with Crippen LogP contribution in [0.1, 0.15) is 36.8 Å². The fraction of sp³-hybridized carbons (Fsp3) is 0.591. The Kier molecular flexibility index (Phi) is 7.74. The highest BCUT2D eigenvalue weighted by Crippen LogP contribution is 2.33. The van der Waals surface area contributed by atoms with Gasteiger partial charge < -0.3 is 15.1 Å². The minimum absolute atomic E-state index is 0.121. The van der Waals surface area contributed by atoms with E-state index in [0.717, 1.165) is 31.2 Å². The van der Waals surface area contributed by atoms with Crippen LogP contribution in [-0.4, -0.2) is 73.1 Å². The molecule has 0 aromatic heterocycles. The molecule has 9 heteroatoms. The number of benzene rings is 1. The number of carbonyl (C=O) groups excluding carboxylic acids is 1. The number of likely N-dealkylation sites (tertiary alicyclic amines) is 1. The van der Waals surface area contributed by atoms with Gasteiger partial charge in [-0.15, -0.1) is 0 Å². The largest absolute Gasteiger partial charge is 0.507 e. The molecule has 0 radical (unpaired) electrons. The van der Waals surface area contributed by atoms with E-state index in [1.54, 1.807) is 23.1 Å². The number of piperidine rings is 2. The van der Waals surface area contributed by atoms with Crippen LogP contribution in [0.3, 0.4) is 0 Å². The van der Waals surface area contributed by atoms with Crippen molar-refractivity contribution in [1.82, 2.24) is 13.9 Å². The van der Waals surface area contributed by atoms with E-state index >= 15 is 0 Å². The highest BCUT2D eigenvalue weighted by atomic mass is 32.2. The molecule has 2 saturated heterocycles. The molecular weight excluding hydrogens is 418 g/mol. The number of hydrogen-bond acceptors (Lipinski definition) is 5. The number of phenols is 1. The zero-order valence-electron chi connectivity index (χ0n) is 18.0. The third-order valence-corrected chi connectivity index (χ3v) is 8.20. The molecule has 2 aliphatic rings. The number of amides is 1. The number of aromatic hydroxyl groups is 1. The molecular formula is C22H33N3O5S. The Morgan fingerprint density at radius 3 is 2.32 bits per heavy atom. The van der Waals surface area contributed by atoms with Gasteiger partial charge in [0.25, 0.3) is 16.1 Å². The molecule has 1 aromatic rings. The number of nitrogens with one attached hydrogen (secondary N) is 1. The molecule has 1 atom stereocenters. The highest BCUT2D eigenvalue weighted by molar-refractivity contribution is 7.87. The molecule has 1 amide bonds. The second-order valence-electron chi connectivity index (χ2n) is 8.43. The number of aliphatic hydroxyl groups excluding tert-OH is 1. The number of hydrogen-bond donors (Lipinski definition) is 3. The van der Waals surface area contributed by atoms with Crippen molar-refractivity contribution in [2.24, 2.45) is 11.8 Å². The second-order valence-corrected chi connectivity index (χ2v) is 10.3. The van der Waals surface area contributed by atoms with Crippen molar-refractivity contribution in [3.05, 3.63) is 35.9 Å². The summed E-state index contributed by atoms with van der Waals surface area (Å²) >= 11 is 0. The first kappa shape index (κ1) is 23.7. The van der Waals surface area contributed by atoms with Gasteiger partial charge in [-0.05, 0) is 55.2 Å². The first-order valence-electron chi connectivity index (χ1n) is 10.8. The molecule has 3 N–H and O–H groups in total. The Morgan fingerprint density at radius 2 is 1.77 bits per heavy atom. The summed E-state index contributed by atoms with van der Waals surface area (Å²) in [5.74, 6) is 0.810. The lowest BCUT2D eigenvalue weighted by atomic mass is 9.79. The molecule has 8 nitrogen and oxygen atoms in total. The average molecular weight is 452 g/mol. The fourth-order valence-electron chi connectivity index (χ4n) is 4.72. The van der Waals surface area contributed by atoms with Crippen molar-refractivity contribution in [3.8, 4) is 5.75 Å². The van der Waals surface area contributed by atoms with Gasteiger partial charge in [-0.3, -0.25) is 4.79 Å². The predicted molar refractivity (Wildman–Crippen MR) is 119 cm³/mol. The van der Waals surface area contributed by atoms with Crippen molar-refractivity contribution in [1.29, 1.82) is 0 Å². The Balaban J connectivity index is 1.48.